The molecule has 4 heteroatoms. The van der Waals surface area contributed by atoms with E-state index >= 15 is 0 Å². The van der Waals surface area contributed by atoms with E-state index in [0.29, 0.717) is 0 Å². The average molecular weight is 185 g/mol. The summed E-state index contributed by atoms with van der Waals surface area (Å²) in [5, 5.41) is 3.05. The van der Waals surface area contributed by atoms with E-state index in [1.165, 1.54) is 0 Å². The van der Waals surface area contributed by atoms with Gasteiger partial charge in [0.1, 0.15) is 0 Å². The van der Waals surface area contributed by atoms with Crippen molar-refractivity contribution in [1.82, 2.24) is 10.2 Å². The lowest BCUT2D eigenvalue weighted by Crippen LogP contribution is -2.44. The third-order valence-corrected chi connectivity index (χ3v) is 2.48. The van der Waals surface area contributed by atoms with Crippen LogP contribution >= 0.6 is 0 Å². The highest BCUT2D eigenvalue weighted by Crippen LogP contribution is 2.33. The second kappa shape index (κ2) is 4.07. The number of nitrogens with zero attached hydrogens (tertiary/aromatic N) is 1. The largest absolute Gasteiger partial charge is 0.344 e. The maximum Gasteiger partial charge on any atom is 0.242 e. The standard InChI is InChI=1S/C9H19N3O/c1-11-6-3-7-12(2)8(13)9(10)4-5-9/h11H,3-7,10H2,1-2H3. The summed E-state index contributed by atoms with van der Waals surface area (Å²) in [7, 11) is 3.73. The monoisotopic (exact) mass is 185 g/mol. The first-order chi connectivity index (χ1) is 6.10. The number of carbonyl (C=O) groups is 1. The van der Waals surface area contributed by atoms with E-state index in [1.807, 2.05) is 14.1 Å². The van der Waals surface area contributed by atoms with Crippen LogP contribution in [0.3, 0.4) is 0 Å². The molecule has 0 heterocycles. The number of carbonyl (C=O) groups excluding carboxylic acids is 1. The van der Waals surface area contributed by atoms with Crippen molar-refractivity contribution in [1.29, 1.82) is 0 Å². The van der Waals surface area contributed by atoms with Gasteiger partial charge in [-0.1, -0.05) is 0 Å². The van der Waals surface area contributed by atoms with Gasteiger partial charge in [0, 0.05) is 13.6 Å². The molecule has 76 valence electrons. The third-order valence-electron chi connectivity index (χ3n) is 2.48. The van der Waals surface area contributed by atoms with Crippen molar-refractivity contribution >= 4 is 5.91 Å². The molecule has 0 atom stereocenters. The number of amides is 1. The lowest BCUT2D eigenvalue weighted by atomic mass is 10.2. The molecule has 0 unspecified atom stereocenters. The van der Waals surface area contributed by atoms with Gasteiger partial charge >= 0.3 is 0 Å². The van der Waals surface area contributed by atoms with Gasteiger partial charge < -0.3 is 16.0 Å². The van der Waals surface area contributed by atoms with Crippen LogP contribution in [0, 0.1) is 0 Å². The van der Waals surface area contributed by atoms with Crippen molar-refractivity contribution in [2.24, 2.45) is 5.73 Å². The van der Waals surface area contributed by atoms with E-state index in [4.69, 9.17) is 5.73 Å². The number of nitrogens with two attached hydrogens (primary N) is 1. The molecule has 1 aliphatic carbocycles. The maximum absolute atomic E-state index is 11.6. The highest BCUT2D eigenvalue weighted by Gasteiger charge is 2.47. The first kappa shape index (κ1) is 10.5. The Bertz CT molecular complexity index is 189. The van der Waals surface area contributed by atoms with Gasteiger partial charge in [-0.15, -0.1) is 0 Å². The molecule has 0 aliphatic heterocycles. The summed E-state index contributed by atoms with van der Waals surface area (Å²) in [6, 6.07) is 0. The summed E-state index contributed by atoms with van der Waals surface area (Å²) < 4.78 is 0. The minimum absolute atomic E-state index is 0.101. The minimum Gasteiger partial charge on any atom is -0.344 e. The Kier molecular flexibility index (Phi) is 3.27. The lowest BCUT2D eigenvalue weighted by molar-refractivity contribution is -0.132. The molecule has 4 nitrogen and oxygen atoms in total. The number of nitrogens with one attached hydrogen (secondary N) is 1. The van der Waals surface area contributed by atoms with Gasteiger partial charge in [-0.05, 0) is 32.9 Å². The van der Waals surface area contributed by atoms with Crippen LogP contribution < -0.4 is 11.1 Å². The van der Waals surface area contributed by atoms with Crippen LogP contribution in [0.5, 0.6) is 0 Å². The molecular weight excluding hydrogens is 166 g/mol. The number of hydrogen-bond acceptors (Lipinski definition) is 3. The third kappa shape index (κ3) is 2.67. The second-order valence-electron chi connectivity index (χ2n) is 3.84. The molecule has 0 bridgehead atoms. The minimum atomic E-state index is -0.506. The highest BCUT2D eigenvalue weighted by molar-refractivity contribution is 5.88. The normalized spacial score (nSPS) is 18.4. The zero-order chi connectivity index (χ0) is 9.90. The van der Waals surface area contributed by atoms with E-state index in [1.54, 1.807) is 4.90 Å². The van der Waals surface area contributed by atoms with Crippen LogP contribution in [0.4, 0.5) is 0 Å². The smallest absolute Gasteiger partial charge is 0.242 e. The van der Waals surface area contributed by atoms with E-state index in [9.17, 15) is 4.79 Å². The number of likely N-dealkylation sites (N-methyl/N-ethyl adjacent to an activating group) is 1. The summed E-state index contributed by atoms with van der Waals surface area (Å²) >= 11 is 0. The first-order valence-electron chi connectivity index (χ1n) is 4.79. The zero-order valence-electron chi connectivity index (χ0n) is 8.47. The Morgan fingerprint density at radius 2 is 2.23 bits per heavy atom. The van der Waals surface area contributed by atoms with Crippen LogP contribution in [0.2, 0.25) is 0 Å². The molecule has 1 rings (SSSR count). The van der Waals surface area contributed by atoms with Gasteiger partial charge in [0.05, 0.1) is 5.54 Å². The van der Waals surface area contributed by atoms with E-state index < -0.39 is 5.54 Å². The van der Waals surface area contributed by atoms with E-state index in [2.05, 4.69) is 5.32 Å². The predicted octanol–water partition coefficient (Wildman–Crippen LogP) is -0.454. The highest BCUT2D eigenvalue weighted by atomic mass is 16.2. The Balaban J connectivity index is 2.22. The van der Waals surface area contributed by atoms with Crippen molar-refractivity contribution < 1.29 is 4.79 Å². The molecule has 1 amide bonds. The zero-order valence-corrected chi connectivity index (χ0v) is 8.47. The molecule has 0 aromatic carbocycles. The lowest BCUT2D eigenvalue weighted by Gasteiger charge is -2.20. The van der Waals surface area contributed by atoms with Crippen LogP contribution in [0.25, 0.3) is 0 Å². The predicted molar refractivity (Wildman–Crippen MR) is 52.3 cm³/mol. The summed E-state index contributed by atoms with van der Waals surface area (Å²) in [4.78, 5) is 13.3. The summed E-state index contributed by atoms with van der Waals surface area (Å²) in [5.74, 6) is 0.101. The average Bonchev–Trinajstić information content (AvgIpc) is 2.84. The molecule has 13 heavy (non-hydrogen) atoms. The molecule has 0 aromatic heterocycles. The number of hydrogen-bond donors (Lipinski definition) is 2. The van der Waals surface area contributed by atoms with E-state index in [-0.39, 0.29) is 5.91 Å². The Hall–Kier alpha value is -0.610. The van der Waals surface area contributed by atoms with Crippen LogP contribution in [0.1, 0.15) is 19.3 Å². The van der Waals surface area contributed by atoms with Gasteiger partial charge in [-0.3, -0.25) is 4.79 Å². The van der Waals surface area contributed by atoms with Crippen molar-refractivity contribution in [2.45, 2.75) is 24.8 Å². The SMILES string of the molecule is CNCCCN(C)C(=O)C1(N)CC1. The number of rotatable bonds is 5. The van der Waals surface area contributed by atoms with Gasteiger partial charge in [-0.25, -0.2) is 0 Å². The van der Waals surface area contributed by atoms with Gasteiger partial charge in [-0.2, -0.15) is 0 Å². The molecule has 1 aliphatic rings. The van der Waals surface area contributed by atoms with Gasteiger partial charge in [0.15, 0.2) is 0 Å². The fourth-order valence-electron chi connectivity index (χ4n) is 1.32. The second-order valence-corrected chi connectivity index (χ2v) is 3.84. The Morgan fingerprint density at radius 1 is 1.62 bits per heavy atom. The quantitative estimate of drug-likeness (QED) is 0.570. The maximum atomic E-state index is 11.6. The topological polar surface area (TPSA) is 58.4 Å². The molecule has 0 spiro atoms. The van der Waals surface area contributed by atoms with Crippen LogP contribution in [-0.4, -0.2) is 43.5 Å². The molecule has 0 saturated heterocycles. The Morgan fingerprint density at radius 3 is 2.69 bits per heavy atom. The van der Waals surface area contributed by atoms with Crippen molar-refractivity contribution in [2.75, 3.05) is 27.2 Å². The molecule has 3 N–H and O–H groups in total. The molecule has 0 radical (unpaired) electrons. The van der Waals surface area contributed by atoms with E-state index in [0.717, 1.165) is 32.4 Å². The molecule has 0 aromatic rings. The van der Waals surface area contributed by atoms with Gasteiger partial charge in [0.25, 0.3) is 0 Å². The molecule has 1 fully saturated rings. The van der Waals surface area contributed by atoms with Crippen molar-refractivity contribution in [3.8, 4) is 0 Å². The van der Waals surface area contributed by atoms with Crippen molar-refractivity contribution in [3.05, 3.63) is 0 Å². The van der Waals surface area contributed by atoms with Crippen LogP contribution in [0.15, 0.2) is 0 Å². The molecule has 1 saturated carbocycles. The summed E-state index contributed by atoms with van der Waals surface area (Å²) in [6.45, 7) is 1.73. The Labute approximate surface area is 79.5 Å². The van der Waals surface area contributed by atoms with Crippen LogP contribution in [-0.2, 0) is 4.79 Å². The fourth-order valence-corrected chi connectivity index (χ4v) is 1.32. The summed E-state index contributed by atoms with van der Waals surface area (Å²) in [5.41, 5.74) is 5.28. The summed E-state index contributed by atoms with van der Waals surface area (Å²) in [6.07, 6.45) is 2.68. The van der Waals surface area contributed by atoms with Crippen molar-refractivity contribution in [3.63, 3.8) is 0 Å². The van der Waals surface area contributed by atoms with Gasteiger partial charge in [0.2, 0.25) is 5.91 Å². The molecular formula is C9H19N3O. The first-order valence-corrected chi connectivity index (χ1v) is 4.79. The fraction of sp³-hybridized carbons (Fsp3) is 0.889.